The van der Waals surface area contributed by atoms with Gasteiger partial charge in [0.05, 0.1) is 5.75 Å². The molecule has 0 atom stereocenters. The summed E-state index contributed by atoms with van der Waals surface area (Å²) in [4.78, 5) is 12.0. The Kier molecular flexibility index (Phi) is 5.14. The van der Waals surface area contributed by atoms with E-state index in [2.05, 4.69) is 20.1 Å². The Morgan fingerprint density at radius 3 is 2.87 bits per heavy atom. The summed E-state index contributed by atoms with van der Waals surface area (Å²) < 4.78 is 2.12. The summed E-state index contributed by atoms with van der Waals surface area (Å²) >= 11 is 13.4. The summed E-state index contributed by atoms with van der Waals surface area (Å²) in [6.07, 6.45) is 2.32. The number of nitrogens with zero attached hydrogens (tertiary/aromatic N) is 3. The molecule has 1 amide bonds. The minimum Gasteiger partial charge on any atom is -0.351 e. The van der Waals surface area contributed by atoms with Gasteiger partial charge in [0.1, 0.15) is 5.82 Å². The molecule has 0 radical (unpaired) electrons. The molecule has 1 aromatic heterocycles. The number of hydrogen-bond donors (Lipinski definition) is 1. The Labute approximate surface area is 148 Å². The second-order valence-electron chi connectivity index (χ2n) is 5.43. The lowest BCUT2D eigenvalue weighted by Gasteiger charge is -2.08. The van der Waals surface area contributed by atoms with Crippen LogP contribution in [-0.2, 0) is 11.3 Å². The molecule has 1 saturated carbocycles. The zero-order valence-electron chi connectivity index (χ0n) is 12.6. The average molecular weight is 371 g/mol. The SMILES string of the molecule is Cc1nnc(SCC(=O)NCc2ccc(Cl)cc2Cl)n1C1CC1. The molecule has 8 heteroatoms. The van der Waals surface area contributed by atoms with Crippen LogP contribution < -0.4 is 5.32 Å². The lowest BCUT2D eigenvalue weighted by Crippen LogP contribution is -2.24. The van der Waals surface area contributed by atoms with Gasteiger partial charge in [-0.15, -0.1) is 10.2 Å². The van der Waals surface area contributed by atoms with E-state index in [0.717, 1.165) is 29.4 Å². The smallest absolute Gasteiger partial charge is 0.230 e. The van der Waals surface area contributed by atoms with E-state index in [4.69, 9.17) is 23.2 Å². The summed E-state index contributed by atoms with van der Waals surface area (Å²) in [6.45, 7) is 2.32. The highest BCUT2D eigenvalue weighted by Crippen LogP contribution is 2.38. The first kappa shape index (κ1) is 16.6. The van der Waals surface area contributed by atoms with Crippen LogP contribution in [0.25, 0.3) is 0 Å². The van der Waals surface area contributed by atoms with Crippen LogP contribution >= 0.6 is 35.0 Å². The maximum absolute atomic E-state index is 12.0. The van der Waals surface area contributed by atoms with Crippen LogP contribution in [0.15, 0.2) is 23.4 Å². The molecule has 5 nitrogen and oxygen atoms in total. The number of nitrogens with one attached hydrogen (secondary N) is 1. The molecule has 2 aromatic rings. The minimum absolute atomic E-state index is 0.0657. The number of halogens is 2. The van der Waals surface area contributed by atoms with Crippen molar-refractivity contribution in [2.45, 2.75) is 37.5 Å². The molecule has 3 rings (SSSR count). The van der Waals surface area contributed by atoms with E-state index in [-0.39, 0.29) is 5.91 Å². The molecule has 0 unspecified atom stereocenters. The molecule has 1 heterocycles. The fraction of sp³-hybridized carbons (Fsp3) is 0.400. The minimum atomic E-state index is -0.0657. The Bertz CT molecular complexity index is 730. The molecule has 0 bridgehead atoms. The van der Waals surface area contributed by atoms with Crippen LogP contribution in [0.2, 0.25) is 10.0 Å². The maximum atomic E-state index is 12.0. The number of aromatic nitrogens is 3. The van der Waals surface area contributed by atoms with Gasteiger partial charge >= 0.3 is 0 Å². The van der Waals surface area contributed by atoms with Gasteiger partial charge in [0.2, 0.25) is 5.91 Å². The molecule has 1 aromatic carbocycles. The number of rotatable bonds is 6. The van der Waals surface area contributed by atoms with E-state index >= 15 is 0 Å². The third kappa shape index (κ3) is 4.19. The largest absolute Gasteiger partial charge is 0.351 e. The summed E-state index contributed by atoms with van der Waals surface area (Å²) in [7, 11) is 0. The fourth-order valence-corrected chi connectivity index (χ4v) is 3.60. The second kappa shape index (κ2) is 7.11. The van der Waals surface area contributed by atoms with E-state index in [1.807, 2.05) is 13.0 Å². The predicted molar refractivity (Wildman–Crippen MR) is 92.1 cm³/mol. The third-order valence-electron chi connectivity index (χ3n) is 3.57. The lowest BCUT2D eigenvalue weighted by molar-refractivity contribution is -0.118. The molecular weight excluding hydrogens is 355 g/mol. The van der Waals surface area contributed by atoms with Gasteiger partial charge in [-0.1, -0.05) is 41.0 Å². The Hall–Kier alpha value is -1.24. The van der Waals surface area contributed by atoms with E-state index in [0.29, 0.717) is 28.4 Å². The molecule has 23 heavy (non-hydrogen) atoms. The van der Waals surface area contributed by atoms with Crippen molar-refractivity contribution in [3.63, 3.8) is 0 Å². The highest BCUT2D eigenvalue weighted by Gasteiger charge is 2.28. The average Bonchev–Trinajstić information content (AvgIpc) is 3.27. The van der Waals surface area contributed by atoms with Crippen molar-refractivity contribution >= 4 is 40.9 Å². The Balaban J connectivity index is 1.52. The fourth-order valence-electron chi connectivity index (χ4n) is 2.24. The number of benzene rings is 1. The first-order chi connectivity index (χ1) is 11.0. The summed E-state index contributed by atoms with van der Waals surface area (Å²) in [5.41, 5.74) is 0.839. The highest BCUT2D eigenvalue weighted by molar-refractivity contribution is 7.99. The molecular formula is C15H16Cl2N4OS. The van der Waals surface area contributed by atoms with Gasteiger partial charge in [0.15, 0.2) is 5.16 Å². The number of carbonyl (C=O) groups is 1. The number of thioether (sulfide) groups is 1. The normalized spacial score (nSPS) is 14.0. The molecule has 0 spiro atoms. The van der Waals surface area contributed by atoms with Crippen molar-refractivity contribution in [3.8, 4) is 0 Å². The van der Waals surface area contributed by atoms with Gasteiger partial charge in [-0.2, -0.15) is 0 Å². The summed E-state index contributed by atoms with van der Waals surface area (Å²) in [5.74, 6) is 1.14. The Morgan fingerprint density at radius 1 is 1.39 bits per heavy atom. The van der Waals surface area contributed by atoms with Crippen molar-refractivity contribution in [1.82, 2.24) is 20.1 Å². The highest BCUT2D eigenvalue weighted by atomic mass is 35.5. The monoisotopic (exact) mass is 370 g/mol. The zero-order chi connectivity index (χ0) is 16.4. The first-order valence-corrected chi connectivity index (χ1v) is 9.03. The van der Waals surface area contributed by atoms with Crippen molar-refractivity contribution < 1.29 is 4.79 Å². The van der Waals surface area contributed by atoms with Crippen LogP contribution in [0.5, 0.6) is 0 Å². The van der Waals surface area contributed by atoms with Gasteiger partial charge in [-0.25, -0.2) is 0 Å². The Morgan fingerprint density at radius 2 is 2.17 bits per heavy atom. The number of aryl methyl sites for hydroxylation is 1. The quantitative estimate of drug-likeness (QED) is 0.788. The second-order valence-corrected chi connectivity index (χ2v) is 7.22. The molecule has 1 aliphatic rings. The van der Waals surface area contributed by atoms with Crippen molar-refractivity contribution in [2.24, 2.45) is 0 Å². The molecule has 0 aliphatic heterocycles. The predicted octanol–water partition coefficient (Wildman–Crippen LogP) is 3.64. The molecule has 1 aliphatic carbocycles. The van der Waals surface area contributed by atoms with E-state index < -0.39 is 0 Å². The summed E-state index contributed by atoms with van der Waals surface area (Å²) in [5, 5.41) is 13.0. The first-order valence-electron chi connectivity index (χ1n) is 7.29. The summed E-state index contributed by atoms with van der Waals surface area (Å²) in [6, 6.07) is 5.74. The molecule has 1 N–H and O–H groups in total. The van der Waals surface area contributed by atoms with Gasteiger partial charge in [0.25, 0.3) is 0 Å². The van der Waals surface area contributed by atoms with Gasteiger partial charge in [0, 0.05) is 22.6 Å². The number of carbonyl (C=O) groups excluding carboxylic acids is 1. The van der Waals surface area contributed by atoms with Crippen LogP contribution in [0.1, 0.15) is 30.3 Å². The van der Waals surface area contributed by atoms with Gasteiger partial charge < -0.3 is 9.88 Å². The van der Waals surface area contributed by atoms with Crippen molar-refractivity contribution in [2.75, 3.05) is 5.75 Å². The third-order valence-corrected chi connectivity index (χ3v) is 5.10. The number of hydrogen-bond acceptors (Lipinski definition) is 4. The molecule has 1 fully saturated rings. The standard InChI is InChI=1S/C15H16Cl2N4OS/c1-9-19-20-15(21(9)12-4-5-12)23-8-14(22)18-7-10-2-3-11(16)6-13(10)17/h2-3,6,12H,4-5,7-8H2,1H3,(H,18,22). The van der Waals surface area contributed by atoms with Crippen LogP contribution in [0, 0.1) is 6.92 Å². The zero-order valence-corrected chi connectivity index (χ0v) is 14.9. The number of amides is 1. The van der Waals surface area contributed by atoms with Gasteiger partial charge in [-0.05, 0) is 37.5 Å². The van der Waals surface area contributed by atoms with Crippen LogP contribution in [0.4, 0.5) is 0 Å². The van der Waals surface area contributed by atoms with Crippen LogP contribution in [-0.4, -0.2) is 26.4 Å². The molecule has 122 valence electrons. The van der Waals surface area contributed by atoms with Gasteiger partial charge in [-0.3, -0.25) is 4.79 Å². The van der Waals surface area contributed by atoms with E-state index in [1.165, 1.54) is 11.8 Å². The van der Waals surface area contributed by atoms with E-state index in [9.17, 15) is 4.79 Å². The van der Waals surface area contributed by atoms with Crippen molar-refractivity contribution in [1.29, 1.82) is 0 Å². The maximum Gasteiger partial charge on any atom is 0.230 e. The van der Waals surface area contributed by atoms with Crippen LogP contribution in [0.3, 0.4) is 0 Å². The lowest BCUT2D eigenvalue weighted by atomic mass is 10.2. The topological polar surface area (TPSA) is 59.8 Å². The van der Waals surface area contributed by atoms with E-state index in [1.54, 1.807) is 12.1 Å². The van der Waals surface area contributed by atoms with Crippen molar-refractivity contribution in [3.05, 3.63) is 39.6 Å². The molecule has 0 saturated heterocycles.